The number of sulfonamides is 1. The predicted molar refractivity (Wildman–Crippen MR) is 103 cm³/mol. The SMILES string of the molecule is CCOc1ccc(NS(=O)(=O)c2cc(-c3nc(CC)cs3)cs2)cc1. The van der Waals surface area contributed by atoms with Crippen LogP contribution in [0.2, 0.25) is 0 Å². The van der Waals surface area contributed by atoms with Gasteiger partial charge in [-0.3, -0.25) is 4.72 Å². The van der Waals surface area contributed by atoms with Crippen molar-refractivity contribution in [3.8, 4) is 16.3 Å². The molecule has 132 valence electrons. The smallest absolute Gasteiger partial charge is 0.271 e. The highest BCUT2D eigenvalue weighted by Gasteiger charge is 2.18. The molecule has 0 saturated carbocycles. The number of hydrogen-bond donors (Lipinski definition) is 1. The van der Waals surface area contributed by atoms with E-state index in [1.807, 2.05) is 24.6 Å². The number of ether oxygens (including phenoxy) is 1. The number of thiophene rings is 1. The Hall–Kier alpha value is -1.90. The Bertz CT molecular complexity index is 944. The van der Waals surface area contributed by atoms with E-state index in [0.29, 0.717) is 18.0 Å². The van der Waals surface area contributed by atoms with Gasteiger partial charge in [-0.1, -0.05) is 6.92 Å². The van der Waals surface area contributed by atoms with Crippen LogP contribution in [-0.4, -0.2) is 20.0 Å². The maximum atomic E-state index is 12.6. The van der Waals surface area contributed by atoms with E-state index < -0.39 is 10.0 Å². The average molecular weight is 395 g/mol. The van der Waals surface area contributed by atoms with Gasteiger partial charge in [-0.05, 0) is 43.7 Å². The number of thiazole rings is 1. The van der Waals surface area contributed by atoms with Crippen molar-refractivity contribution in [2.75, 3.05) is 11.3 Å². The highest BCUT2D eigenvalue weighted by atomic mass is 32.2. The molecule has 3 rings (SSSR count). The molecule has 0 bridgehead atoms. The van der Waals surface area contributed by atoms with E-state index in [1.165, 1.54) is 22.7 Å². The summed E-state index contributed by atoms with van der Waals surface area (Å²) in [5.41, 5.74) is 2.35. The molecule has 0 aliphatic rings. The third-order valence-electron chi connectivity index (χ3n) is 3.42. The highest BCUT2D eigenvalue weighted by molar-refractivity contribution is 7.94. The molecule has 8 heteroatoms. The molecule has 0 fully saturated rings. The summed E-state index contributed by atoms with van der Waals surface area (Å²) in [7, 11) is -3.62. The summed E-state index contributed by atoms with van der Waals surface area (Å²) in [5, 5.41) is 4.67. The molecule has 0 unspecified atom stereocenters. The minimum Gasteiger partial charge on any atom is -0.494 e. The number of benzene rings is 1. The minimum atomic E-state index is -3.62. The average Bonchev–Trinajstić information content (AvgIpc) is 3.26. The first-order chi connectivity index (χ1) is 12.0. The Kier molecular flexibility index (Phi) is 5.41. The lowest BCUT2D eigenvalue weighted by Crippen LogP contribution is -2.11. The zero-order chi connectivity index (χ0) is 17.9. The van der Waals surface area contributed by atoms with Gasteiger partial charge < -0.3 is 4.74 Å². The highest BCUT2D eigenvalue weighted by Crippen LogP contribution is 2.31. The molecule has 0 spiro atoms. The molecule has 5 nitrogen and oxygen atoms in total. The molecular weight excluding hydrogens is 376 g/mol. The quantitative estimate of drug-likeness (QED) is 0.634. The second-order valence-corrected chi connectivity index (χ2v) is 8.89. The van der Waals surface area contributed by atoms with Gasteiger partial charge in [-0.15, -0.1) is 22.7 Å². The maximum Gasteiger partial charge on any atom is 0.271 e. The first kappa shape index (κ1) is 17.9. The fraction of sp³-hybridized carbons (Fsp3) is 0.235. The van der Waals surface area contributed by atoms with Crippen LogP contribution < -0.4 is 9.46 Å². The van der Waals surface area contributed by atoms with E-state index in [9.17, 15) is 8.42 Å². The Morgan fingerprint density at radius 2 is 1.88 bits per heavy atom. The number of nitrogens with zero attached hydrogens (tertiary/aromatic N) is 1. The van der Waals surface area contributed by atoms with Crippen molar-refractivity contribution in [3.63, 3.8) is 0 Å². The van der Waals surface area contributed by atoms with E-state index in [0.717, 1.165) is 22.7 Å². The standard InChI is InChI=1S/C17H18N2O3S3/c1-3-13-11-24-17(18-13)12-9-16(23-10-12)25(20,21)19-14-5-7-15(8-6-14)22-4-2/h5-11,19H,3-4H2,1-2H3. The van der Waals surface area contributed by atoms with Gasteiger partial charge in [0.15, 0.2) is 0 Å². The van der Waals surface area contributed by atoms with E-state index in [4.69, 9.17) is 4.74 Å². The predicted octanol–water partition coefficient (Wildman–Crippen LogP) is 4.63. The first-order valence-electron chi connectivity index (χ1n) is 7.81. The van der Waals surface area contributed by atoms with Crippen molar-refractivity contribution < 1.29 is 13.2 Å². The molecule has 0 amide bonds. The van der Waals surface area contributed by atoms with Gasteiger partial charge in [0.2, 0.25) is 0 Å². The minimum absolute atomic E-state index is 0.268. The lowest BCUT2D eigenvalue weighted by Gasteiger charge is -2.07. The van der Waals surface area contributed by atoms with Gasteiger partial charge in [0.1, 0.15) is 15.0 Å². The van der Waals surface area contributed by atoms with Crippen LogP contribution in [-0.2, 0) is 16.4 Å². The van der Waals surface area contributed by atoms with Crippen molar-refractivity contribution >= 4 is 38.4 Å². The van der Waals surface area contributed by atoms with Gasteiger partial charge in [-0.25, -0.2) is 13.4 Å². The van der Waals surface area contributed by atoms with Crippen molar-refractivity contribution in [2.24, 2.45) is 0 Å². The Morgan fingerprint density at radius 3 is 2.52 bits per heavy atom. The summed E-state index contributed by atoms with van der Waals surface area (Å²) in [6.07, 6.45) is 0.866. The van der Waals surface area contributed by atoms with Crippen LogP contribution in [0.3, 0.4) is 0 Å². The van der Waals surface area contributed by atoms with Crippen LogP contribution in [0.1, 0.15) is 19.5 Å². The van der Waals surface area contributed by atoms with Crippen molar-refractivity contribution in [1.82, 2.24) is 4.98 Å². The molecule has 2 aromatic heterocycles. The van der Waals surface area contributed by atoms with Gasteiger partial charge in [-0.2, -0.15) is 0 Å². The fourth-order valence-corrected chi connectivity index (χ4v) is 5.35. The Balaban J connectivity index is 1.78. The summed E-state index contributed by atoms with van der Waals surface area (Å²) in [4.78, 5) is 4.50. The van der Waals surface area contributed by atoms with Crippen molar-refractivity contribution in [1.29, 1.82) is 0 Å². The molecular formula is C17H18N2O3S3. The number of hydrogen-bond acceptors (Lipinski definition) is 6. The number of rotatable bonds is 7. The summed E-state index contributed by atoms with van der Waals surface area (Å²) in [6, 6.07) is 8.52. The monoisotopic (exact) mass is 394 g/mol. The maximum absolute atomic E-state index is 12.6. The Labute approximate surface area is 155 Å². The fourth-order valence-electron chi connectivity index (χ4n) is 2.16. The largest absolute Gasteiger partial charge is 0.494 e. The lowest BCUT2D eigenvalue weighted by molar-refractivity contribution is 0.340. The number of anilines is 1. The van der Waals surface area contributed by atoms with E-state index in [-0.39, 0.29) is 4.21 Å². The summed E-state index contributed by atoms with van der Waals surface area (Å²) < 4.78 is 33.4. The van der Waals surface area contributed by atoms with Crippen LogP contribution in [0.15, 0.2) is 45.3 Å². The van der Waals surface area contributed by atoms with Gasteiger partial charge in [0.05, 0.1) is 12.3 Å². The first-order valence-corrected chi connectivity index (χ1v) is 11.0. The molecule has 0 aliphatic carbocycles. The number of nitrogens with one attached hydrogen (secondary N) is 1. The van der Waals surface area contributed by atoms with Crippen LogP contribution in [0.5, 0.6) is 5.75 Å². The van der Waals surface area contributed by atoms with E-state index in [1.54, 1.807) is 30.3 Å². The summed E-state index contributed by atoms with van der Waals surface area (Å²) in [6.45, 7) is 4.51. The second kappa shape index (κ2) is 7.55. The number of aryl methyl sites for hydroxylation is 1. The molecule has 1 aromatic carbocycles. The van der Waals surface area contributed by atoms with Crippen LogP contribution >= 0.6 is 22.7 Å². The third kappa shape index (κ3) is 4.20. The number of aromatic nitrogens is 1. The van der Waals surface area contributed by atoms with Crippen molar-refractivity contribution in [3.05, 3.63) is 46.8 Å². The summed E-state index contributed by atoms with van der Waals surface area (Å²) in [5.74, 6) is 0.708. The molecule has 0 saturated heterocycles. The van der Waals surface area contributed by atoms with Crippen molar-refractivity contribution in [2.45, 2.75) is 24.5 Å². The molecule has 2 heterocycles. The molecule has 25 heavy (non-hydrogen) atoms. The van der Waals surface area contributed by atoms with E-state index >= 15 is 0 Å². The molecule has 0 atom stereocenters. The zero-order valence-electron chi connectivity index (χ0n) is 13.9. The Morgan fingerprint density at radius 1 is 1.12 bits per heavy atom. The molecule has 1 N–H and O–H groups in total. The second-order valence-electron chi connectivity index (χ2n) is 5.21. The van der Waals surface area contributed by atoms with Gasteiger partial charge >= 0.3 is 0 Å². The summed E-state index contributed by atoms with van der Waals surface area (Å²) >= 11 is 2.72. The van der Waals surface area contributed by atoms with Gasteiger partial charge in [0, 0.05) is 22.0 Å². The third-order valence-corrected chi connectivity index (χ3v) is 7.18. The normalized spacial score (nSPS) is 11.4. The molecule has 0 radical (unpaired) electrons. The van der Waals surface area contributed by atoms with E-state index in [2.05, 4.69) is 9.71 Å². The lowest BCUT2D eigenvalue weighted by atomic mass is 10.3. The van der Waals surface area contributed by atoms with Crippen LogP contribution in [0, 0.1) is 0 Å². The van der Waals surface area contributed by atoms with Crippen LogP contribution in [0.25, 0.3) is 10.6 Å². The zero-order valence-corrected chi connectivity index (χ0v) is 16.3. The topological polar surface area (TPSA) is 68.3 Å². The van der Waals surface area contributed by atoms with Crippen LogP contribution in [0.4, 0.5) is 5.69 Å². The van der Waals surface area contributed by atoms with Gasteiger partial charge in [0.25, 0.3) is 10.0 Å². The molecule has 3 aromatic rings. The molecule has 0 aliphatic heterocycles.